The first kappa shape index (κ1) is 24.5. The van der Waals surface area contributed by atoms with Gasteiger partial charge in [-0.15, -0.1) is 0 Å². The Morgan fingerprint density at radius 3 is 2.33 bits per heavy atom. The normalized spacial score (nSPS) is 14.3. The summed E-state index contributed by atoms with van der Waals surface area (Å²) in [4.78, 5) is 37.1. The third-order valence-electron chi connectivity index (χ3n) is 4.99. The zero-order valence-corrected chi connectivity index (χ0v) is 20.2. The predicted molar refractivity (Wildman–Crippen MR) is 125 cm³/mol. The topological polar surface area (TPSA) is 149 Å². The summed E-state index contributed by atoms with van der Waals surface area (Å²) in [6, 6.07) is 7.39. The summed E-state index contributed by atoms with van der Waals surface area (Å²) in [5.41, 5.74) is 0.443. The number of phenols is 1. The average molecular weight is 585 g/mol. The number of oxime groups is 1. The Morgan fingerprint density at radius 1 is 1.12 bits per heavy atom. The van der Waals surface area contributed by atoms with Gasteiger partial charge in [0.05, 0.1) is 20.4 Å². The smallest absolute Gasteiger partial charge is 0.306 e. The molecule has 1 fully saturated rings. The monoisotopic (exact) mass is 583 g/mol. The highest BCUT2D eigenvalue weighted by molar-refractivity contribution is 9.11. The second-order valence-corrected chi connectivity index (χ2v) is 8.90. The van der Waals surface area contributed by atoms with Crippen LogP contribution in [-0.2, 0) is 9.59 Å². The first-order chi connectivity index (χ1) is 15.7. The quantitative estimate of drug-likeness (QED) is 0.227. The fourth-order valence-electron chi connectivity index (χ4n) is 3.32. The number of halogens is 2. The van der Waals surface area contributed by atoms with Gasteiger partial charge >= 0.3 is 5.97 Å². The lowest BCUT2D eigenvalue weighted by molar-refractivity contribution is -0.143. The number of piperidine rings is 1. The van der Waals surface area contributed by atoms with E-state index in [1.165, 1.54) is 23.1 Å². The molecule has 1 aliphatic rings. The Bertz CT molecular complexity index is 1090. The predicted octanol–water partition coefficient (Wildman–Crippen LogP) is 4.04. The number of carboxylic acid groups (broad SMARTS) is 1. The number of likely N-dealkylation sites (tertiary alicyclic amines) is 1. The minimum absolute atomic E-state index is 0.0423. The number of carbonyl (C=O) groups excluding carboxylic acids is 2. The number of rotatable bonds is 6. The summed E-state index contributed by atoms with van der Waals surface area (Å²) in [6.45, 7) is 0.567. The number of carboxylic acids is 1. The summed E-state index contributed by atoms with van der Waals surface area (Å²) in [5.74, 6) is -1.96. The lowest BCUT2D eigenvalue weighted by Gasteiger charge is -2.30. The van der Waals surface area contributed by atoms with E-state index in [1.54, 1.807) is 12.1 Å². The number of phenolic OH excluding ortho intramolecular Hbond substituents is 1. The van der Waals surface area contributed by atoms with Crippen molar-refractivity contribution >= 4 is 61.5 Å². The van der Waals surface area contributed by atoms with Gasteiger partial charge in [0.25, 0.3) is 11.8 Å². The molecular formula is C21H19Br2N3O7. The fourth-order valence-corrected chi connectivity index (χ4v) is 4.67. The Morgan fingerprint density at radius 2 is 1.76 bits per heavy atom. The van der Waals surface area contributed by atoms with Crippen LogP contribution in [0.2, 0.25) is 0 Å². The Hall–Kier alpha value is -3.12. The van der Waals surface area contributed by atoms with Gasteiger partial charge in [0.2, 0.25) is 0 Å². The van der Waals surface area contributed by atoms with Gasteiger partial charge in [-0.25, -0.2) is 0 Å². The van der Waals surface area contributed by atoms with E-state index in [-0.39, 0.29) is 30.2 Å². The maximum Gasteiger partial charge on any atom is 0.306 e. The molecule has 0 bridgehead atoms. The van der Waals surface area contributed by atoms with Gasteiger partial charge < -0.3 is 30.4 Å². The van der Waals surface area contributed by atoms with Crippen LogP contribution in [0, 0.1) is 5.92 Å². The van der Waals surface area contributed by atoms with Crippen LogP contribution >= 0.6 is 31.9 Å². The summed E-state index contributed by atoms with van der Waals surface area (Å²) >= 11 is 6.73. The number of nitrogens with one attached hydrogen (secondary N) is 1. The molecule has 174 valence electrons. The minimum Gasteiger partial charge on any atom is -0.507 e. The summed E-state index contributed by atoms with van der Waals surface area (Å²) in [7, 11) is 0. The number of hydrogen-bond acceptors (Lipinski definition) is 7. The van der Waals surface area contributed by atoms with E-state index >= 15 is 0 Å². The third-order valence-corrected chi connectivity index (χ3v) is 6.17. The molecule has 2 aromatic rings. The van der Waals surface area contributed by atoms with Gasteiger partial charge in [0.15, 0.2) is 5.75 Å². The number of hydrogen-bond donors (Lipinski definition) is 4. The highest BCUT2D eigenvalue weighted by atomic mass is 79.9. The molecule has 0 unspecified atom stereocenters. The Balaban J connectivity index is 1.78. The van der Waals surface area contributed by atoms with Crippen molar-refractivity contribution in [1.29, 1.82) is 0 Å². The molecule has 1 saturated heterocycles. The molecule has 2 amide bonds. The average Bonchev–Trinajstić information content (AvgIpc) is 2.77. The van der Waals surface area contributed by atoms with E-state index < -0.39 is 23.7 Å². The first-order valence-corrected chi connectivity index (χ1v) is 11.3. The van der Waals surface area contributed by atoms with Gasteiger partial charge in [0.1, 0.15) is 17.7 Å². The van der Waals surface area contributed by atoms with Gasteiger partial charge in [-0.2, -0.15) is 0 Å². The molecule has 0 saturated carbocycles. The molecule has 0 spiro atoms. The molecular weight excluding hydrogens is 566 g/mol. The zero-order chi connectivity index (χ0) is 24.1. The molecule has 1 heterocycles. The fraction of sp³-hybridized carbons (Fsp3) is 0.238. The highest BCUT2D eigenvalue weighted by Crippen LogP contribution is 2.40. The van der Waals surface area contributed by atoms with Crippen LogP contribution in [0.15, 0.2) is 44.4 Å². The molecule has 33 heavy (non-hydrogen) atoms. The molecule has 0 radical (unpaired) electrons. The van der Waals surface area contributed by atoms with Crippen molar-refractivity contribution in [3.8, 4) is 17.2 Å². The van der Waals surface area contributed by atoms with E-state index in [4.69, 9.17) is 15.1 Å². The van der Waals surface area contributed by atoms with Crippen molar-refractivity contribution < 1.29 is 34.5 Å². The number of aliphatic carboxylic acids is 1. The van der Waals surface area contributed by atoms with Crippen molar-refractivity contribution in [2.45, 2.75) is 12.8 Å². The number of benzene rings is 2. The van der Waals surface area contributed by atoms with Crippen molar-refractivity contribution in [3.05, 3.63) is 44.8 Å². The minimum atomic E-state index is -0.872. The van der Waals surface area contributed by atoms with Crippen LogP contribution in [0.1, 0.15) is 23.2 Å². The number of ether oxygens (including phenoxy) is 1. The lowest BCUT2D eigenvalue weighted by atomic mass is 9.96. The summed E-state index contributed by atoms with van der Waals surface area (Å²) in [6.07, 6.45) is 1.42. The molecule has 12 heteroatoms. The van der Waals surface area contributed by atoms with Gasteiger partial charge in [-0.05, 0) is 75.0 Å². The van der Waals surface area contributed by atoms with Crippen LogP contribution in [-0.4, -0.2) is 57.4 Å². The van der Waals surface area contributed by atoms with Crippen LogP contribution in [0.3, 0.4) is 0 Å². The van der Waals surface area contributed by atoms with Gasteiger partial charge in [-0.3, -0.25) is 14.4 Å². The van der Waals surface area contributed by atoms with Crippen molar-refractivity contribution in [2.75, 3.05) is 18.4 Å². The lowest BCUT2D eigenvalue weighted by Crippen LogP contribution is -2.40. The maximum absolute atomic E-state index is 12.9. The molecule has 0 atom stereocenters. The van der Waals surface area contributed by atoms with Crippen LogP contribution in [0.5, 0.6) is 17.2 Å². The number of carbonyl (C=O) groups is 3. The summed E-state index contributed by atoms with van der Waals surface area (Å²) < 4.78 is 6.85. The third kappa shape index (κ3) is 6.02. The van der Waals surface area contributed by atoms with Gasteiger partial charge in [-0.1, -0.05) is 5.16 Å². The van der Waals surface area contributed by atoms with E-state index in [0.29, 0.717) is 39.4 Å². The first-order valence-electron chi connectivity index (χ1n) is 9.70. The van der Waals surface area contributed by atoms with E-state index in [0.717, 1.165) is 0 Å². The van der Waals surface area contributed by atoms with Crippen molar-refractivity contribution in [1.82, 2.24) is 4.90 Å². The standard InChI is InChI=1S/C21H19Br2N3O7/c22-15-7-12(25-18(28)10-24-32)8-16(23)19(15)33-13-1-2-17(27)14(9-13)20(29)26-5-3-11(4-6-26)21(30)31/h1-2,7-11,27,32H,3-6H2,(H,25,28)(H,30,31)/b24-10+. The van der Waals surface area contributed by atoms with Crippen LogP contribution in [0.25, 0.3) is 0 Å². The molecule has 4 N–H and O–H groups in total. The van der Waals surface area contributed by atoms with Crippen LogP contribution in [0.4, 0.5) is 5.69 Å². The SMILES string of the molecule is O=C(/C=N/O)Nc1cc(Br)c(Oc2ccc(O)c(C(=O)N3CCC(C(=O)O)CC3)c2)c(Br)c1. The number of aromatic hydroxyl groups is 1. The van der Waals surface area contributed by atoms with Crippen molar-refractivity contribution in [2.24, 2.45) is 11.1 Å². The van der Waals surface area contributed by atoms with Gasteiger partial charge in [0, 0.05) is 18.8 Å². The Labute approximate surface area is 205 Å². The second-order valence-electron chi connectivity index (χ2n) is 7.19. The van der Waals surface area contributed by atoms with Crippen molar-refractivity contribution in [3.63, 3.8) is 0 Å². The molecule has 0 aromatic heterocycles. The number of amides is 2. The molecule has 2 aromatic carbocycles. The molecule has 10 nitrogen and oxygen atoms in total. The molecule has 1 aliphatic heterocycles. The van der Waals surface area contributed by atoms with E-state index in [1.807, 2.05) is 0 Å². The number of nitrogens with zero attached hydrogens (tertiary/aromatic N) is 2. The molecule has 0 aliphatic carbocycles. The highest BCUT2D eigenvalue weighted by Gasteiger charge is 2.28. The maximum atomic E-state index is 12.9. The largest absolute Gasteiger partial charge is 0.507 e. The van der Waals surface area contributed by atoms with Crippen LogP contribution < -0.4 is 10.1 Å². The zero-order valence-electron chi connectivity index (χ0n) is 17.0. The second kappa shape index (κ2) is 10.7. The van der Waals surface area contributed by atoms with E-state index in [9.17, 15) is 19.5 Å². The molecule has 3 rings (SSSR count). The van der Waals surface area contributed by atoms with E-state index in [2.05, 4.69) is 42.3 Å². The summed E-state index contributed by atoms with van der Waals surface area (Å²) in [5, 5.41) is 33.0. The Kier molecular flexibility index (Phi) is 7.92. The number of anilines is 1.